The van der Waals surface area contributed by atoms with Crippen LogP contribution in [0.25, 0.3) is 22.4 Å². The third-order valence-corrected chi connectivity index (χ3v) is 2.59. The summed E-state index contributed by atoms with van der Waals surface area (Å²) in [6, 6.07) is 9.86. The molecule has 17 heavy (non-hydrogen) atoms. The Kier molecular flexibility index (Phi) is 2.26. The van der Waals surface area contributed by atoms with Crippen LogP contribution in [-0.4, -0.2) is 17.0 Å². The fourth-order valence-corrected chi connectivity index (χ4v) is 1.80. The van der Waals surface area contributed by atoms with E-state index in [1.54, 1.807) is 12.4 Å². The van der Waals surface area contributed by atoms with Gasteiger partial charge in [-0.05, 0) is 12.1 Å². The van der Waals surface area contributed by atoms with Crippen LogP contribution < -0.4 is 5.32 Å². The molecule has 3 aromatic rings. The van der Waals surface area contributed by atoms with Gasteiger partial charge in [0.25, 0.3) is 0 Å². The second kappa shape index (κ2) is 3.90. The Morgan fingerprint density at radius 2 is 1.94 bits per heavy atom. The molecule has 0 bridgehead atoms. The Morgan fingerprint density at radius 1 is 1.12 bits per heavy atom. The van der Waals surface area contributed by atoms with Crippen molar-refractivity contribution in [3.05, 3.63) is 42.7 Å². The van der Waals surface area contributed by atoms with E-state index in [4.69, 9.17) is 4.42 Å². The minimum absolute atomic E-state index is 0.714. The van der Waals surface area contributed by atoms with E-state index in [-0.39, 0.29) is 0 Å². The van der Waals surface area contributed by atoms with E-state index in [0.717, 1.165) is 22.4 Å². The van der Waals surface area contributed by atoms with Crippen molar-refractivity contribution in [2.75, 3.05) is 12.4 Å². The van der Waals surface area contributed by atoms with Gasteiger partial charge in [0, 0.05) is 24.8 Å². The highest BCUT2D eigenvalue weighted by Crippen LogP contribution is 2.29. The largest absolute Gasteiger partial charge is 0.454 e. The predicted octanol–water partition coefficient (Wildman–Crippen LogP) is 2.93. The van der Waals surface area contributed by atoms with Gasteiger partial charge in [0.05, 0.1) is 0 Å². The molecule has 84 valence electrons. The van der Waals surface area contributed by atoms with Crippen LogP contribution >= 0.6 is 0 Å². The molecule has 0 saturated heterocycles. The maximum absolute atomic E-state index is 5.75. The highest BCUT2D eigenvalue weighted by molar-refractivity contribution is 5.83. The van der Waals surface area contributed by atoms with E-state index in [9.17, 15) is 0 Å². The van der Waals surface area contributed by atoms with E-state index < -0.39 is 0 Å². The van der Waals surface area contributed by atoms with E-state index in [0.29, 0.717) is 5.82 Å². The highest BCUT2D eigenvalue weighted by Gasteiger charge is 2.11. The first-order valence-corrected chi connectivity index (χ1v) is 5.36. The van der Waals surface area contributed by atoms with E-state index >= 15 is 0 Å². The summed E-state index contributed by atoms with van der Waals surface area (Å²) in [5, 5.41) is 4.07. The van der Waals surface area contributed by atoms with Gasteiger partial charge in [-0.3, -0.25) is 0 Å². The minimum Gasteiger partial charge on any atom is -0.454 e. The van der Waals surface area contributed by atoms with Gasteiger partial charge in [-0.2, -0.15) is 0 Å². The summed E-state index contributed by atoms with van der Waals surface area (Å²) < 4.78 is 5.75. The number of hydrogen-bond acceptors (Lipinski definition) is 4. The number of furan rings is 1. The maximum Gasteiger partial charge on any atom is 0.157 e. The van der Waals surface area contributed by atoms with Gasteiger partial charge in [0.1, 0.15) is 11.3 Å². The number of hydrogen-bond donors (Lipinski definition) is 1. The average molecular weight is 225 g/mol. The van der Waals surface area contributed by atoms with Gasteiger partial charge in [0.15, 0.2) is 11.6 Å². The molecule has 0 amide bonds. The van der Waals surface area contributed by atoms with Crippen LogP contribution in [0.15, 0.2) is 47.1 Å². The van der Waals surface area contributed by atoms with Crippen molar-refractivity contribution in [2.45, 2.75) is 0 Å². The Morgan fingerprint density at radius 3 is 2.76 bits per heavy atom. The number of fused-ring (bicyclic) bond motifs is 1. The quantitative estimate of drug-likeness (QED) is 0.728. The summed E-state index contributed by atoms with van der Waals surface area (Å²) in [4.78, 5) is 8.51. The van der Waals surface area contributed by atoms with Crippen molar-refractivity contribution in [1.82, 2.24) is 9.97 Å². The molecular weight excluding hydrogens is 214 g/mol. The van der Waals surface area contributed by atoms with Crippen LogP contribution in [0, 0.1) is 0 Å². The number of anilines is 1. The topological polar surface area (TPSA) is 51.0 Å². The molecule has 4 nitrogen and oxygen atoms in total. The van der Waals surface area contributed by atoms with Crippen molar-refractivity contribution in [3.8, 4) is 11.5 Å². The molecule has 0 aliphatic rings. The molecule has 0 spiro atoms. The normalized spacial score (nSPS) is 10.6. The Balaban J connectivity index is 2.20. The van der Waals surface area contributed by atoms with Crippen LogP contribution in [0.5, 0.6) is 0 Å². The van der Waals surface area contributed by atoms with Gasteiger partial charge in [-0.15, -0.1) is 0 Å². The zero-order chi connectivity index (χ0) is 11.7. The Hall–Kier alpha value is -2.36. The molecular formula is C13H11N3O. The lowest BCUT2D eigenvalue weighted by Crippen LogP contribution is -1.96. The van der Waals surface area contributed by atoms with Crippen molar-refractivity contribution in [2.24, 2.45) is 0 Å². The molecule has 0 radical (unpaired) electrons. The molecule has 0 saturated carbocycles. The lowest BCUT2D eigenvalue weighted by molar-refractivity contribution is 0.628. The first-order chi connectivity index (χ1) is 8.38. The first kappa shape index (κ1) is 9.84. The smallest absolute Gasteiger partial charge is 0.157 e. The van der Waals surface area contributed by atoms with E-state index in [1.807, 2.05) is 37.4 Å². The summed E-state index contributed by atoms with van der Waals surface area (Å²) >= 11 is 0. The molecule has 0 unspecified atom stereocenters. The third-order valence-electron chi connectivity index (χ3n) is 2.59. The van der Waals surface area contributed by atoms with Crippen LogP contribution in [0.2, 0.25) is 0 Å². The van der Waals surface area contributed by atoms with Crippen molar-refractivity contribution in [1.29, 1.82) is 0 Å². The molecule has 1 aromatic carbocycles. The zero-order valence-electron chi connectivity index (χ0n) is 9.34. The molecule has 1 N–H and O–H groups in total. The molecule has 0 aliphatic carbocycles. The van der Waals surface area contributed by atoms with Gasteiger partial charge in [-0.1, -0.05) is 18.2 Å². The lowest BCUT2D eigenvalue weighted by atomic mass is 10.2. The Bertz CT molecular complexity index is 627. The molecule has 0 atom stereocenters. The Labute approximate surface area is 98.3 Å². The van der Waals surface area contributed by atoms with E-state index in [1.165, 1.54) is 0 Å². The fourth-order valence-electron chi connectivity index (χ4n) is 1.80. The van der Waals surface area contributed by atoms with Crippen LogP contribution in [0.1, 0.15) is 0 Å². The SMILES string of the molecule is CNc1nccnc1-c1cc2ccccc2o1. The molecule has 2 heterocycles. The molecule has 0 aliphatic heterocycles. The van der Waals surface area contributed by atoms with Gasteiger partial charge in [-0.25, -0.2) is 9.97 Å². The third kappa shape index (κ3) is 1.63. The first-order valence-electron chi connectivity index (χ1n) is 5.36. The van der Waals surface area contributed by atoms with Crippen molar-refractivity contribution in [3.63, 3.8) is 0 Å². The summed E-state index contributed by atoms with van der Waals surface area (Å²) in [5.74, 6) is 1.44. The van der Waals surface area contributed by atoms with E-state index in [2.05, 4.69) is 15.3 Å². The van der Waals surface area contributed by atoms with Crippen molar-refractivity contribution < 1.29 is 4.42 Å². The zero-order valence-corrected chi connectivity index (χ0v) is 9.34. The number of rotatable bonds is 2. The molecule has 3 rings (SSSR count). The second-order valence-corrected chi connectivity index (χ2v) is 3.65. The fraction of sp³-hybridized carbons (Fsp3) is 0.0769. The van der Waals surface area contributed by atoms with Gasteiger partial charge < -0.3 is 9.73 Å². The van der Waals surface area contributed by atoms with Crippen LogP contribution in [0.4, 0.5) is 5.82 Å². The molecule has 0 fully saturated rings. The average Bonchev–Trinajstić information content (AvgIpc) is 2.82. The number of para-hydroxylation sites is 1. The number of nitrogens with one attached hydrogen (secondary N) is 1. The second-order valence-electron chi connectivity index (χ2n) is 3.65. The highest BCUT2D eigenvalue weighted by atomic mass is 16.3. The standard InChI is InChI=1S/C13H11N3O/c1-14-13-12(15-6-7-16-13)11-8-9-4-2-3-5-10(9)17-11/h2-8H,1H3,(H,14,16). The van der Waals surface area contributed by atoms with Gasteiger partial charge >= 0.3 is 0 Å². The van der Waals surface area contributed by atoms with Crippen LogP contribution in [0.3, 0.4) is 0 Å². The summed E-state index contributed by atoms with van der Waals surface area (Å²) in [6.07, 6.45) is 3.31. The molecule has 2 aromatic heterocycles. The number of benzene rings is 1. The summed E-state index contributed by atoms with van der Waals surface area (Å²) in [6.45, 7) is 0. The number of aromatic nitrogens is 2. The lowest BCUT2D eigenvalue weighted by Gasteiger charge is -2.02. The summed E-state index contributed by atoms with van der Waals surface area (Å²) in [5.41, 5.74) is 1.58. The summed E-state index contributed by atoms with van der Waals surface area (Å²) in [7, 11) is 1.82. The van der Waals surface area contributed by atoms with Gasteiger partial charge in [0.2, 0.25) is 0 Å². The maximum atomic E-state index is 5.75. The minimum atomic E-state index is 0.714. The molecule has 4 heteroatoms. The number of nitrogens with zero attached hydrogens (tertiary/aromatic N) is 2. The monoisotopic (exact) mass is 225 g/mol. The predicted molar refractivity (Wildman–Crippen MR) is 66.8 cm³/mol. The van der Waals surface area contributed by atoms with Crippen molar-refractivity contribution >= 4 is 16.8 Å². The van der Waals surface area contributed by atoms with Crippen LogP contribution in [-0.2, 0) is 0 Å².